The van der Waals surface area contributed by atoms with Crippen molar-refractivity contribution in [1.29, 1.82) is 0 Å². The lowest BCUT2D eigenvalue weighted by Gasteiger charge is -2.62. The van der Waals surface area contributed by atoms with Gasteiger partial charge in [-0.25, -0.2) is 0 Å². The monoisotopic (exact) mass is 600 g/mol. The Bertz CT molecular complexity index is 1210. The number of Topliss-reactive ketones (excluding diaryl/α,β-unsaturated/α-hetero) is 1. The molecular weight excluding hydrogens is 536 g/mol. The molecule has 244 valence electrons. The Morgan fingerprint density at radius 2 is 1.57 bits per heavy atom. The van der Waals surface area contributed by atoms with Gasteiger partial charge in [0.15, 0.2) is 0 Å². The Labute approximate surface area is 270 Å². The van der Waals surface area contributed by atoms with E-state index in [9.17, 15) is 4.79 Å². The van der Waals surface area contributed by atoms with Crippen molar-refractivity contribution in [3.05, 3.63) is 47.0 Å². The largest absolute Gasteiger partial charge is 0.369 e. The number of ketones is 1. The van der Waals surface area contributed by atoms with Crippen LogP contribution in [0.2, 0.25) is 0 Å². The van der Waals surface area contributed by atoms with Crippen LogP contribution in [0.3, 0.4) is 0 Å². The summed E-state index contributed by atoms with van der Waals surface area (Å²) in [6, 6.07) is 10.8. The molecule has 0 amide bonds. The van der Waals surface area contributed by atoms with Gasteiger partial charge in [0.2, 0.25) is 0 Å². The Hall–Kier alpha value is -1.41. The van der Waals surface area contributed by atoms with E-state index in [-0.39, 0.29) is 28.8 Å². The standard InChI is InChI=1S/C42H64O2/c1-27(2)13-12-14-28(3)32-21-22-33-31-18-20-36-39(43)35-19-17-29(4)38(40(35,5)6)37(44-26-30-15-10-9-11-16-30)25-42(36,8)34(31)23-24-41(32,33)7/h9-11,15-16,27-28,31-37H,12-14,17-26H2,1-8H3/t28-,31+,32-,33+,34+,35+,36+,37+,41-,42-/m1/s1. The molecule has 4 fully saturated rings. The highest BCUT2D eigenvalue weighted by Gasteiger charge is 2.63. The number of carbonyl (C=O) groups excluding carboxylic acids is 1. The summed E-state index contributed by atoms with van der Waals surface area (Å²) in [6.07, 6.45) is 15.2. The van der Waals surface area contributed by atoms with Crippen LogP contribution >= 0.6 is 0 Å². The van der Waals surface area contributed by atoms with Crippen molar-refractivity contribution < 1.29 is 9.53 Å². The van der Waals surface area contributed by atoms with Crippen LogP contribution in [0.1, 0.15) is 138 Å². The Morgan fingerprint density at radius 3 is 2.30 bits per heavy atom. The third kappa shape index (κ3) is 5.50. The summed E-state index contributed by atoms with van der Waals surface area (Å²) in [5.41, 5.74) is 4.58. The van der Waals surface area contributed by atoms with Crippen LogP contribution < -0.4 is 0 Å². The molecule has 0 spiro atoms. The van der Waals surface area contributed by atoms with Crippen LogP contribution in [0.15, 0.2) is 41.5 Å². The van der Waals surface area contributed by atoms with Gasteiger partial charge in [-0.2, -0.15) is 0 Å². The average molecular weight is 601 g/mol. The third-order valence-corrected chi connectivity index (χ3v) is 14.8. The molecule has 0 unspecified atom stereocenters. The van der Waals surface area contributed by atoms with Crippen LogP contribution in [0.4, 0.5) is 0 Å². The highest BCUT2D eigenvalue weighted by Crippen LogP contribution is 2.69. The average Bonchev–Trinajstić information content (AvgIpc) is 3.32. The fraction of sp³-hybridized carbons (Fsp3) is 0.786. The molecule has 2 bridgehead atoms. The predicted molar refractivity (Wildman–Crippen MR) is 183 cm³/mol. The lowest BCUT2D eigenvalue weighted by molar-refractivity contribution is -0.159. The molecular formula is C42H64O2. The van der Waals surface area contributed by atoms with Crippen LogP contribution in [0.25, 0.3) is 0 Å². The second-order valence-corrected chi connectivity index (χ2v) is 17.9. The number of hydrogen-bond donors (Lipinski definition) is 0. The first-order valence-electron chi connectivity index (χ1n) is 18.8. The van der Waals surface area contributed by atoms with Crippen molar-refractivity contribution in [3.63, 3.8) is 0 Å². The minimum absolute atomic E-state index is 0.0152. The summed E-state index contributed by atoms with van der Waals surface area (Å²) in [4.78, 5) is 14.7. The van der Waals surface area contributed by atoms with E-state index < -0.39 is 0 Å². The van der Waals surface area contributed by atoms with Gasteiger partial charge in [-0.3, -0.25) is 4.79 Å². The molecule has 0 aliphatic heterocycles. The maximum Gasteiger partial charge on any atom is 0.140 e. The molecule has 6 rings (SSSR count). The molecule has 1 aromatic rings. The maximum atomic E-state index is 14.7. The topological polar surface area (TPSA) is 26.3 Å². The van der Waals surface area contributed by atoms with Crippen LogP contribution in [0.5, 0.6) is 0 Å². The summed E-state index contributed by atoms with van der Waals surface area (Å²) in [5, 5.41) is 0. The molecule has 4 saturated carbocycles. The highest BCUT2D eigenvalue weighted by molar-refractivity contribution is 5.86. The first-order valence-corrected chi connectivity index (χ1v) is 18.8. The summed E-state index contributed by atoms with van der Waals surface area (Å²) in [6.45, 7) is 20.3. The maximum absolute atomic E-state index is 14.7. The van der Waals surface area contributed by atoms with E-state index in [1.165, 1.54) is 68.1 Å². The second-order valence-electron chi connectivity index (χ2n) is 17.9. The minimum atomic E-state index is -0.130. The highest BCUT2D eigenvalue weighted by atomic mass is 16.5. The molecule has 5 aliphatic rings. The molecule has 0 radical (unpaired) electrons. The number of allylic oxidation sites excluding steroid dienone is 1. The zero-order valence-corrected chi connectivity index (χ0v) is 29.6. The van der Waals surface area contributed by atoms with Gasteiger partial charge in [-0.15, -0.1) is 0 Å². The van der Waals surface area contributed by atoms with Gasteiger partial charge in [-0.1, -0.05) is 104 Å². The summed E-state index contributed by atoms with van der Waals surface area (Å²) < 4.78 is 7.07. The van der Waals surface area contributed by atoms with Crippen molar-refractivity contribution in [2.75, 3.05) is 0 Å². The number of ether oxygens (including phenoxy) is 1. The SMILES string of the molecule is CC1=C2[C@@H](OCc3ccccc3)C[C@@]3(C)[C@@H](CC[C@@H]4[C@@H]3CC[C@]3(C)[C@@H]([C@H](C)CCCC(C)C)CC[C@@H]43)C(=O)[C@H](CC1)C2(C)C. The number of hydrogen-bond acceptors (Lipinski definition) is 2. The van der Waals surface area contributed by atoms with Gasteiger partial charge in [-0.05, 0) is 128 Å². The summed E-state index contributed by atoms with van der Waals surface area (Å²) in [7, 11) is 0. The van der Waals surface area contributed by atoms with Crippen molar-refractivity contribution in [3.8, 4) is 0 Å². The molecule has 44 heavy (non-hydrogen) atoms. The first-order chi connectivity index (χ1) is 20.9. The van der Waals surface area contributed by atoms with E-state index in [1.807, 2.05) is 0 Å². The van der Waals surface area contributed by atoms with Crippen LogP contribution in [0, 0.1) is 63.6 Å². The molecule has 10 atom stereocenters. The van der Waals surface area contributed by atoms with Gasteiger partial charge in [0, 0.05) is 11.8 Å². The summed E-state index contributed by atoms with van der Waals surface area (Å²) >= 11 is 0. The lowest BCUT2D eigenvalue weighted by Crippen LogP contribution is -2.58. The van der Waals surface area contributed by atoms with Gasteiger partial charge >= 0.3 is 0 Å². The zero-order valence-electron chi connectivity index (χ0n) is 29.6. The second kappa shape index (κ2) is 12.3. The lowest BCUT2D eigenvalue weighted by atomic mass is 9.43. The van der Waals surface area contributed by atoms with E-state index >= 15 is 0 Å². The quantitative estimate of drug-likeness (QED) is 0.277. The molecule has 2 heteroatoms. The fourth-order valence-electron chi connectivity index (χ4n) is 12.7. The Morgan fingerprint density at radius 1 is 0.841 bits per heavy atom. The van der Waals surface area contributed by atoms with Gasteiger partial charge in [0.05, 0.1) is 12.7 Å². The van der Waals surface area contributed by atoms with Crippen molar-refractivity contribution in [2.45, 2.75) is 145 Å². The third-order valence-electron chi connectivity index (χ3n) is 14.8. The number of benzene rings is 1. The molecule has 0 N–H and O–H groups in total. The van der Waals surface area contributed by atoms with Crippen molar-refractivity contribution in [2.24, 2.45) is 63.6 Å². The fourth-order valence-corrected chi connectivity index (χ4v) is 12.7. The van der Waals surface area contributed by atoms with E-state index in [0.29, 0.717) is 23.7 Å². The van der Waals surface area contributed by atoms with Crippen LogP contribution in [-0.4, -0.2) is 11.9 Å². The number of carbonyl (C=O) groups is 1. The number of fused-ring (bicyclic) bond motifs is 7. The normalized spacial score (nSPS) is 40.6. The molecule has 1 aromatic carbocycles. The predicted octanol–water partition coefficient (Wildman–Crippen LogP) is 11.2. The van der Waals surface area contributed by atoms with E-state index in [0.717, 1.165) is 55.3 Å². The minimum Gasteiger partial charge on any atom is -0.369 e. The van der Waals surface area contributed by atoms with Crippen LogP contribution in [-0.2, 0) is 16.1 Å². The Kier molecular flexibility index (Phi) is 9.10. The van der Waals surface area contributed by atoms with Crippen molar-refractivity contribution in [1.82, 2.24) is 0 Å². The van der Waals surface area contributed by atoms with E-state index in [4.69, 9.17) is 4.74 Å². The molecule has 5 aliphatic carbocycles. The molecule has 0 aromatic heterocycles. The first kappa shape index (κ1) is 32.5. The van der Waals surface area contributed by atoms with E-state index in [1.54, 1.807) is 0 Å². The Balaban J connectivity index is 1.30. The molecule has 2 nitrogen and oxygen atoms in total. The molecule has 0 heterocycles. The van der Waals surface area contributed by atoms with E-state index in [2.05, 4.69) is 85.7 Å². The van der Waals surface area contributed by atoms with Gasteiger partial charge in [0.25, 0.3) is 0 Å². The van der Waals surface area contributed by atoms with Gasteiger partial charge in [0.1, 0.15) is 5.78 Å². The zero-order chi connectivity index (χ0) is 31.4. The summed E-state index contributed by atoms with van der Waals surface area (Å²) in [5.74, 6) is 5.70. The number of rotatable bonds is 8. The van der Waals surface area contributed by atoms with Crippen molar-refractivity contribution >= 4 is 5.78 Å². The smallest absolute Gasteiger partial charge is 0.140 e. The molecule has 0 saturated heterocycles. The van der Waals surface area contributed by atoms with Gasteiger partial charge < -0.3 is 4.74 Å².